The molecule has 0 spiro atoms. The topological polar surface area (TPSA) is 87.3 Å². The Kier molecular flexibility index (Phi) is 5.53. The maximum atomic E-state index is 11.5. The number of carbonyl (C=O) groups excluding carboxylic acids is 3. The quantitative estimate of drug-likeness (QED) is 0.743. The van der Waals surface area contributed by atoms with E-state index in [0.29, 0.717) is 11.4 Å². The third-order valence-electron chi connectivity index (χ3n) is 2.35. The molecule has 0 aliphatic heterocycles. The molecule has 6 nitrogen and oxygen atoms in total. The number of nitrogens with one attached hydrogen (secondary N) is 3. The molecule has 6 heteroatoms. The zero-order valence-electron chi connectivity index (χ0n) is 10.9. The molecule has 1 aromatic carbocycles. The van der Waals surface area contributed by atoms with Crippen molar-refractivity contribution in [3.05, 3.63) is 24.3 Å². The normalized spacial score (nSPS) is 9.58. The average Bonchev–Trinajstić information content (AvgIpc) is 2.37. The Bertz CT molecular complexity index is 469. The Balaban J connectivity index is 2.46. The molecule has 1 rings (SSSR count). The zero-order valence-corrected chi connectivity index (χ0v) is 10.9. The fourth-order valence-corrected chi connectivity index (χ4v) is 1.42. The standard InChI is InChI=1S/C13H17N3O3/c1-9(17)15-10-3-5-11(6-4-10)16-13(19)8-7-12(18)14-2/h3-6H,7-8H2,1-2H3,(H,14,18)(H,15,17)(H,16,19). The van der Waals surface area contributed by atoms with Crippen LogP contribution in [0.25, 0.3) is 0 Å². The number of hydrogen-bond acceptors (Lipinski definition) is 3. The molecule has 0 atom stereocenters. The van der Waals surface area contributed by atoms with Crippen LogP contribution >= 0.6 is 0 Å². The lowest BCUT2D eigenvalue weighted by molar-refractivity contribution is -0.124. The summed E-state index contributed by atoms with van der Waals surface area (Å²) in [4.78, 5) is 33.4. The first-order chi connectivity index (χ1) is 9.01. The van der Waals surface area contributed by atoms with Gasteiger partial charge in [0.25, 0.3) is 0 Å². The molecular formula is C13H17N3O3. The highest BCUT2D eigenvalue weighted by Crippen LogP contribution is 2.13. The van der Waals surface area contributed by atoms with Crippen LogP contribution < -0.4 is 16.0 Å². The van der Waals surface area contributed by atoms with Gasteiger partial charge in [0.15, 0.2) is 0 Å². The van der Waals surface area contributed by atoms with E-state index in [2.05, 4.69) is 16.0 Å². The van der Waals surface area contributed by atoms with Crippen LogP contribution in [-0.2, 0) is 14.4 Å². The van der Waals surface area contributed by atoms with Gasteiger partial charge in [-0.05, 0) is 24.3 Å². The van der Waals surface area contributed by atoms with Crippen molar-refractivity contribution in [2.45, 2.75) is 19.8 Å². The van der Waals surface area contributed by atoms with Crippen molar-refractivity contribution < 1.29 is 14.4 Å². The number of carbonyl (C=O) groups is 3. The summed E-state index contributed by atoms with van der Waals surface area (Å²) in [5, 5.41) is 7.75. The lowest BCUT2D eigenvalue weighted by Crippen LogP contribution is -2.20. The van der Waals surface area contributed by atoms with E-state index in [1.165, 1.54) is 14.0 Å². The number of hydrogen-bond donors (Lipinski definition) is 3. The van der Waals surface area contributed by atoms with Gasteiger partial charge >= 0.3 is 0 Å². The molecular weight excluding hydrogens is 246 g/mol. The Morgan fingerprint density at radius 2 is 1.37 bits per heavy atom. The number of anilines is 2. The Labute approximate surface area is 111 Å². The molecule has 0 radical (unpaired) electrons. The van der Waals surface area contributed by atoms with E-state index in [4.69, 9.17) is 0 Å². The molecule has 3 N–H and O–H groups in total. The van der Waals surface area contributed by atoms with Gasteiger partial charge in [-0.1, -0.05) is 0 Å². The molecule has 0 heterocycles. The molecule has 0 unspecified atom stereocenters. The SMILES string of the molecule is CNC(=O)CCC(=O)Nc1ccc(NC(C)=O)cc1. The van der Waals surface area contributed by atoms with Crippen molar-refractivity contribution in [3.8, 4) is 0 Å². The minimum atomic E-state index is -0.226. The summed E-state index contributed by atoms with van der Waals surface area (Å²) < 4.78 is 0. The second kappa shape index (κ2) is 7.15. The van der Waals surface area contributed by atoms with Crippen LogP contribution in [0.4, 0.5) is 11.4 Å². The summed E-state index contributed by atoms with van der Waals surface area (Å²) in [7, 11) is 1.53. The summed E-state index contributed by atoms with van der Waals surface area (Å²) in [6, 6.07) is 6.75. The predicted molar refractivity (Wildman–Crippen MR) is 72.7 cm³/mol. The van der Waals surface area contributed by atoms with Crippen molar-refractivity contribution in [3.63, 3.8) is 0 Å². The first kappa shape index (κ1) is 14.7. The van der Waals surface area contributed by atoms with Crippen molar-refractivity contribution in [1.29, 1.82) is 0 Å². The first-order valence-electron chi connectivity index (χ1n) is 5.89. The Hall–Kier alpha value is -2.37. The molecule has 3 amide bonds. The summed E-state index contributed by atoms with van der Waals surface area (Å²) in [5.74, 6) is -0.547. The second-order valence-corrected chi connectivity index (χ2v) is 3.98. The van der Waals surface area contributed by atoms with Crippen LogP contribution in [0.3, 0.4) is 0 Å². The van der Waals surface area contributed by atoms with E-state index < -0.39 is 0 Å². The minimum Gasteiger partial charge on any atom is -0.359 e. The molecule has 0 saturated carbocycles. The van der Waals surface area contributed by atoms with Crippen LogP contribution in [0.15, 0.2) is 24.3 Å². The van der Waals surface area contributed by atoms with Gasteiger partial charge in [0.1, 0.15) is 0 Å². The fraction of sp³-hybridized carbons (Fsp3) is 0.308. The largest absolute Gasteiger partial charge is 0.359 e. The van der Waals surface area contributed by atoms with Gasteiger partial charge in [0.05, 0.1) is 0 Å². The van der Waals surface area contributed by atoms with E-state index in [1.807, 2.05) is 0 Å². The summed E-state index contributed by atoms with van der Waals surface area (Å²) >= 11 is 0. The third-order valence-corrected chi connectivity index (χ3v) is 2.35. The van der Waals surface area contributed by atoms with Gasteiger partial charge in [0, 0.05) is 38.2 Å². The summed E-state index contributed by atoms with van der Waals surface area (Å²) in [6.45, 7) is 1.43. The van der Waals surface area contributed by atoms with E-state index in [0.717, 1.165) is 0 Å². The summed E-state index contributed by atoms with van der Waals surface area (Å²) in [6.07, 6.45) is 0.291. The van der Waals surface area contributed by atoms with E-state index >= 15 is 0 Å². The number of amides is 3. The maximum absolute atomic E-state index is 11.5. The highest BCUT2D eigenvalue weighted by atomic mass is 16.2. The predicted octanol–water partition coefficient (Wildman–Crippen LogP) is 1.11. The van der Waals surface area contributed by atoms with Crippen molar-refractivity contribution in [2.24, 2.45) is 0 Å². The van der Waals surface area contributed by atoms with Crippen LogP contribution in [0, 0.1) is 0 Å². The number of benzene rings is 1. The maximum Gasteiger partial charge on any atom is 0.224 e. The van der Waals surface area contributed by atoms with E-state index in [9.17, 15) is 14.4 Å². The molecule has 0 saturated heterocycles. The highest BCUT2D eigenvalue weighted by molar-refractivity contribution is 5.94. The van der Waals surface area contributed by atoms with Crippen LogP contribution in [-0.4, -0.2) is 24.8 Å². The van der Waals surface area contributed by atoms with Gasteiger partial charge in [-0.15, -0.1) is 0 Å². The number of rotatable bonds is 5. The van der Waals surface area contributed by atoms with Gasteiger partial charge in [0.2, 0.25) is 17.7 Å². The first-order valence-corrected chi connectivity index (χ1v) is 5.89. The molecule has 0 aromatic heterocycles. The molecule has 0 fully saturated rings. The smallest absolute Gasteiger partial charge is 0.224 e. The van der Waals surface area contributed by atoms with Crippen LogP contribution in [0.5, 0.6) is 0 Å². The zero-order chi connectivity index (χ0) is 14.3. The van der Waals surface area contributed by atoms with E-state index in [1.54, 1.807) is 24.3 Å². The monoisotopic (exact) mass is 263 g/mol. The van der Waals surface area contributed by atoms with Crippen LogP contribution in [0.2, 0.25) is 0 Å². The Morgan fingerprint density at radius 1 is 0.895 bits per heavy atom. The van der Waals surface area contributed by atoms with Crippen LogP contribution in [0.1, 0.15) is 19.8 Å². The minimum absolute atomic E-state index is 0.132. The van der Waals surface area contributed by atoms with Crippen molar-refractivity contribution in [2.75, 3.05) is 17.7 Å². The Morgan fingerprint density at radius 3 is 1.84 bits per heavy atom. The molecule has 0 aliphatic rings. The molecule has 19 heavy (non-hydrogen) atoms. The molecule has 1 aromatic rings. The molecule has 0 aliphatic carbocycles. The average molecular weight is 263 g/mol. The van der Waals surface area contributed by atoms with E-state index in [-0.39, 0.29) is 30.6 Å². The third kappa shape index (κ3) is 5.67. The lowest BCUT2D eigenvalue weighted by atomic mass is 10.2. The van der Waals surface area contributed by atoms with Gasteiger partial charge in [-0.25, -0.2) is 0 Å². The van der Waals surface area contributed by atoms with Crippen molar-refractivity contribution >= 4 is 29.1 Å². The summed E-state index contributed by atoms with van der Waals surface area (Å²) in [5.41, 5.74) is 1.28. The molecule has 102 valence electrons. The molecule has 0 bridgehead atoms. The van der Waals surface area contributed by atoms with Gasteiger partial charge < -0.3 is 16.0 Å². The van der Waals surface area contributed by atoms with Gasteiger partial charge in [-0.3, -0.25) is 14.4 Å². The lowest BCUT2D eigenvalue weighted by Gasteiger charge is -2.06. The van der Waals surface area contributed by atoms with Crippen molar-refractivity contribution in [1.82, 2.24) is 5.32 Å². The highest BCUT2D eigenvalue weighted by Gasteiger charge is 2.06. The fourth-order valence-electron chi connectivity index (χ4n) is 1.42. The van der Waals surface area contributed by atoms with Gasteiger partial charge in [-0.2, -0.15) is 0 Å². The second-order valence-electron chi connectivity index (χ2n) is 3.98.